The normalized spacial score (nSPS) is 10.8. The van der Waals surface area contributed by atoms with Crippen LogP contribution in [0.2, 0.25) is 0 Å². The van der Waals surface area contributed by atoms with E-state index in [2.05, 4.69) is 10.1 Å². The zero-order valence-corrected chi connectivity index (χ0v) is 16.9. The molecular formula is C21H20N4O3S. The molecule has 0 aliphatic heterocycles. The van der Waals surface area contributed by atoms with Crippen molar-refractivity contribution in [3.8, 4) is 11.5 Å². The second-order valence-electron chi connectivity index (χ2n) is 6.26. The zero-order chi connectivity index (χ0) is 20.2. The van der Waals surface area contributed by atoms with Gasteiger partial charge in [-0.15, -0.1) is 0 Å². The lowest BCUT2D eigenvalue weighted by Gasteiger charge is -2.20. The van der Waals surface area contributed by atoms with Crippen molar-refractivity contribution >= 4 is 32.6 Å². The number of carbonyl (C=O) groups is 1. The van der Waals surface area contributed by atoms with Crippen LogP contribution in [0.3, 0.4) is 0 Å². The Bertz CT molecular complexity index is 1090. The fourth-order valence-electron chi connectivity index (χ4n) is 3.02. The van der Waals surface area contributed by atoms with E-state index in [0.717, 1.165) is 10.2 Å². The van der Waals surface area contributed by atoms with Gasteiger partial charge in [0, 0.05) is 24.5 Å². The van der Waals surface area contributed by atoms with E-state index in [1.807, 2.05) is 36.5 Å². The SMILES string of the molecule is COc1ccc(C(=O)N(CCn2cccn2)c2nc3ccccc3s2)cc1OC. The molecule has 1 amide bonds. The first-order valence-corrected chi connectivity index (χ1v) is 9.88. The van der Waals surface area contributed by atoms with Crippen LogP contribution >= 0.6 is 11.3 Å². The van der Waals surface area contributed by atoms with E-state index >= 15 is 0 Å². The van der Waals surface area contributed by atoms with Crippen LogP contribution in [0.25, 0.3) is 10.2 Å². The fraction of sp³-hybridized carbons (Fsp3) is 0.190. The lowest BCUT2D eigenvalue weighted by Crippen LogP contribution is -2.34. The minimum atomic E-state index is -0.155. The average Bonchev–Trinajstić information content (AvgIpc) is 3.42. The summed E-state index contributed by atoms with van der Waals surface area (Å²) in [5.74, 6) is 0.930. The van der Waals surface area contributed by atoms with Crippen LogP contribution in [0, 0.1) is 0 Å². The Kier molecular flexibility index (Phi) is 5.44. The Morgan fingerprint density at radius 2 is 1.93 bits per heavy atom. The summed E-state index contributed by atoms with van der Waals surface area (Å²) < 4.78 is 13.5. The molecule has 29 heavy (non-hydrogen) atoms. The number of rotatable bonds is 7. The highest BCUT2D eigenvalue weighted by Crippen LogP contribution is 2.32. The maximum atomic E-state index is 13.4. The van der Waals surface area contributed by atoms with Gasteiger partial charge in [0.15, 0.2) is 16.6 Å². The van der Waals surface area contributed by atoms with Crippen LogP contribution in [0.5, 0.6) is 11.5 Å². The number of thiazole rings is 1. The summed E-state index contributed by atoms with van der Waals surface area (Å²) in [5, 5.41) is 4.88. The molecule has 0 spiro atoms. The number of nitrogens with zero attached hydrogens (tertiary/aromatic N) is 4. The van der Waals surface area contributed by atoms with Gasteiger partial charge in [-0.2, -0.15) is 5.10 Å². The molecule has 0 fully saturated rings. The van der Waals surface area contributed by atoms with Crippen LogP contribution in [0.1, 0.15) is 10.4 Å². The molecule has 0 N–H and O–H groups in total. The summed E-state index contributed by atoms with van der Waals surface area (Å²) in [4.78, 5) is 19.8. The number of anilines is 1. The number of fused-ring (bicyclic) bond motifs is 1. The largest absolute Gasteiger partial charge is 0.493 e. The number of aromatic nitrogens is 3. The molecule has 0 saturated carbocycles. The summed E-state index contributed by atoms with van der Waals surface area (Å²) in [5.41, 5.74) is 1.37. The molecule has 0 aliphatic carbocycles. The Labute approximate surface area is 172 Å². The van der Waals surface area contributed by atoms with Crippen molar-refractivity contribution in [2.24, 2.45) is 0 Å². The van der Waals surface area contributed by atoms with Crippen molar-refractivity contribution in [2.75, 3.05) is 25.7 Å². The second-order valence-corrected chi connectivity index (χ2v) is 7.27. The van der Waals surface area contributed by atoms with Gasteiger partial charge >= 0.3 is 0 Å². The smallest absolute Gasteiger partial charge is 0.260 e. The third-order valence-corrected chi connectivity index (χ3v) is 5.56. The number of methoxy groups -OCH3 is 2. The molecule has 0 saturated heterocycles. The molecule has 0 atom stereocenters. The van der Waals surface area contributed by atoms with Crippen LogP contribution in [-0.2, 0) is 6.54 Å². The van der Waals surface area contributed by atoms with Crippen molar-refractivity contribution < 1.29 is 14.3 Å². The quantitative estimate of drug-likeness (QED) is 0.464. The third kappa shape index (κ3) is 3.93. The predicted octanol–water partition coefficient (Wildman–Crippen LogP) is 3.86. The standard InChI is InChI=1S/C21H20N4O3S/c1-27-17-9-8-15(14-18(17)28-2)20(26)25(13-12-24-11-5-10-22-24)21-23-16-6-3-4-7-19(16)29-21/h3-11,14H,12-13H2,1-2H3. The molecule has 0 bridgehead atoms. The number of para-hydroxylation sites is 1. The van der Waals surface area contributed by atoms with Gasteiger partial charge in [-0.1, -0.05) is 23.5 Å². The Hall–Kier alpha value is -3.39. The van der Waals surface area contributed by atoms with Crippen molar-refractivity contribution in [2.45, 2.75) is 6.54 Å². The summed E-state index contributed by atoms with van der Waals surface area (Å²) in [6, 6.07) is 14.9. The molecule has 2 aromatic heterocycles. The molecule has 7 nitrogen and oxygen atoms in total. The zero-order valence-electron chi connectivity index (χ0n) is 16.1. The van der Waals surface area contributed by atoms with Gasteiger partial charge in [0.05, 0.1) is 31.0 Å². The van der Waals surface area contributed by atoms with E-state index in [-0.39, 0.29) is 5.91 Å². The van der Waals surface area contributed by atoms with Gasteiger partial charge in [-0.05, 0) is 36.4 Å². The Morgan fingerprint density at radius 3 is 2.66 bits per heavy atom. The summed E-state index contributed by atoms with van der Waals surface area (Å²) in [6.07, 6.45) is 3.59. The van der Waals surface area contributed by atoms with Gasteiger partial charge in [0.25, 0.3) is 5.91 Å². The molecule has 2 heterocycles. The minimum Gasteiger partial charge on any atom is -0.493 e. The summed E-state index contributed by atoms with van der Waals surface area (Å²) >= 11 is 1.49. The highest BCUT2D eigenvalue weighted by Gasteiger charge is 2.22. The first-order valence-electron chi connectivity index (χ1n) is 9.06. The first kappa shape index (κ1) is 18.9. The second kappa shape index (κ2) is 8.32. The maximum absolute atomic E-state index is 13.4. The van der Waals surface area contributed by atoms with Crippen molar-refractivity contribution in [3.63, 3.8) is 0 Å². The number of hydrogen-bond donors (Lipinski definition) is 0. The molecule has 0 radical (unpaired) electrons. The van der Waals surface area contributed by atoms with Crippen LogP contribution in [0.4, 0.5) is 5.13 Å². The van der Waals surface area contributed by atoms with Crippen LogP contribution in [-0.4, -0.2) is 41.4 Å². The predicted molar refractivity (Wildman–Crippen MR) is 113 cm³/mol. The molecule has 0 unspecified atom stereocenters. The van der Waals surface area contributed by atoms with Gasteiger partial charge in [0.2, 0.25) is 0 Å². The number of ether oxygens (including phenoxy) is 2. The van der Waals surface area contributed by atoms with Crippen molar-refractivity contribution in [3.05, 3.63) is 66.5 Å². The Morgan fingerprint density at radius 1 is 1.10 bits per heavy atom. The Balaban J connectivity index is 1.69. The summed E-state index contributed by atoms with van der Waals surface area (Å²) in [6.45, 7) is 0.997. The molecule has 0 aliphatic rings. The molecule has 148 valence electrons. The highest BCUT2D eigenvalue weighted by atomic mass is 32.1. The van der Waals surface area contributed by atoms with E-state index in [4.69, 9.17) is 9.47 Å². The van der Waals surface area contributed by atoms with Gasteiger partial charge < -0.3 is 9.47 Å². The molecule has 2 aromatic carbocycles. The number of hydrogen-bond acceptors (Lipinski definition) is 6. The monoisotopic (exact) mass is 408 g/mol. The van der Waals surface area contributed by atoms with Crippen molar-refractivity contribution in [1.82, 2.24) is 14.8 Å². The minimum absolute atomic E-state index is 0.155. The maximum Gasteiger partial charge on any atom is 0.260 e. The third-order valence-electron chi connectivity index (χ3n) is 4.50. The lowest BCUT2D eigenvalue weighted by atomic mass is 10.1. The summed E-state index contributed by atoms with van der Waals surface area (Å²) in [7, 11) is 3.12. The van der Waals surface area contributed by atoms with E-state index in [0.29, 0.717) is 35.3 Å². The van der Waals surface area contributed by atoms with E-state index < -0.39 is 0 Å². The molecule has 4 aromatic rings. The molecule has 8 heteroatoms. The van der Waals surface area contributed by atoms with Crippen molar-refractivity contribution in [1.29, 1.82) is 0 Å². The average molecular weight is 408 g/mol. The number of amides is 1. The van der Waals surface area contributed by atoms with E-state index in [9.17, 15) is 4.79 Å². The topological polar surface area (TPSA) is 69.5 Å². The highest BCUT2D eigenvalue weighted by molar-refractivity contribution is 7.22. The van der Waals surface area contributed by atoms with Crippen LogP contribution in [0.15, 0.2) is 60.9 Å². The number of benzene rings is 2. The number of carbonyl (C=O) groups excluding carboxylic acids is 1. The van der Waals surface area contributed by atoms with E-state index in [1.165, 1.54) is 11.3 Å². The molecular weight excluding hydrogens is 388 g/mol. The van der Waals surface area contributed by atoms with Crippen LogP contribution < -0.4 is 14.4 Å². The van der Waals surface area contributed by atoms with Gasteiger partial charge in [0.1, 0.15) is 0 Å². The van der Waals surface area contributed by atoms with Gasteiger partial charge in [-0.3, -0.25) is 14.4 Å². The van der Waals surface area contributed by atoms with E-state index in [1.54, 1.807) is 48.2 Å². The molecule has 4 rings (SSSR count). The van der Waals surface area contributed by atoms with Gasteiger partial charge in [-0.25, -0.2) is 4.98 Å². The fourth-order valence-corrected chi connectivity index (χ4v) is 4.01. The lowest BCUT2D eigenvalue weighted by molar-refractivity contribution is 0.0985. The first-order chi connectivity index (χ1) is 14.2.